The molecule has 1 aliphatic rings. The van der Waals surface area contributed by atoms with Gasteiger partial charge in [-0.2, -0.15) is 0 Å². The van der Waals surface area contributed by atoms with Crippen LogP contribution < -0.4 is 15.5 Å². The van der Waals surface area contributed by atoms with E-state index >= 15 is 0 Å². The third-order valence-corrected chi connectivity index (χ3v) is 4.12. The summed E-state index contributed by atoms with van der Waals surface area (Å²) in [6.45, 7) is 4.59. The summed E-state index contributed by atoms with van der Waals surface area (Å²) in [7, 11) is 0. The van der Waals surface area contributed by atoms with E-state index in [1.54, 1.807) is 23.4 Å². The molecule has 1 aliphatic heterocycles. The maximum atomic E-state index is 12.5. The third-order valence-electron chi connectivity index (χ3n) is 4.12. The van der Waals surface area contributed by atoms with Crippen LogP contribution in [-0.2, 0) is 6.42 Å². The smallest absolute Gasteiger partial charge is 0.322 e. The Morgan fingerprint density at radius 2 is 2.25 bits per heavy atom. The molecule has 1 saturated heterocycles. The molecule has 0 saturated carbocycles. The van der Waals surface area contributed by atoms with Crippen molar-refractivity contribution in [2.45, 2.75) is 26.3 Å². The second-order valence-corrected chi connectivity index (χ2v) is 5.80. The van der Waals surface area contributed by atoms with E-state index in [4.69, 9.17) is 0 Å². The van der Waals surface area contributed by atoms with Crippen molar-refractivity contribution in [2.75, 3.05) is 16.8 Å². The molecular formula is C18H20N4O2. The summed E-state index contributed by atoms with van der Waals surface area (Å²) in [6.07, 6.45) is 4.06. The quantitative estimate of drug-likeness (QED) is 0.908. The van der Waals surface area contributed by atoms with Crippen LogP contribution in [-0.4, -0.2) is 29.5 Å². The molecule has 0 aliphatic carbocycles. The summed E-state index contributed by atoms with van der Waals surface area (Å²) in [6, 6.07) is 8.99. The Hall–Kier alpha value is -2.89. The molecule has 0 bridgehead atoms. The normalized spacial score (nSPS) is 16.8. The number of hydrogen-bond acceptors (Lipinski definition) is 3. The number of hydrogen-bond donors (Lipinski definition) is 2. The first-order valence-electron chi connectivity index (χ1n) is 8.01. The van der Waals surface area contributed by atoms with Crippen molar-refractivity contribution in [1.29, 1.82) is 0 Å². The zero-order chi connectivity index (χ0) is 17.1. The average molecular weight is 324 g/mol. The number of anilines is 2. The molecule has 1 unspecified atom stereocenters. The van der Waals surface area contributed by atoms with Crippen LogP contribution in [0.1, 0.15) is 29.8 Å². The molecule has 1 fully saturated rings. The van der Waals surface area contributed by atoms with E-state index in [2.05, 4.69) is 15.6 Å². The van der Waals surface area contributed by atoms with Crippen molar-refractivity contribution in [3.05, 3.63) is 53.9 Å². The summed E-state index contributed by atoms with van der Waals surface area (Å²) < 4.78 is 0. The Balaban J connectivity index is 1.82. The Morgan fingerprint density at radius 3 is 2.96 bits per heavy atom. The minimum atomic E-state index is -0.176. The molecule has 0 spiro atoms. The lowest BCUT2D eigenvalue weighted by molar-refractivity contribution is 0.102. The van der Waals surface area contributed by atoms with Crippen LogP contribution in [0.25, 0.3) is 0 Å². The number of carbonyl (C=O) groups is 2. The predicted octanol–water partition coefficient (Wildman–Crippen LogP) is 2.81. The number of amides is 3. The molecule has 3 amide bonds. The predicted molar refractivity (Wildman–Crippen MR) is 93.3 cm³/mol. The molecule has 1 aromatic carbocycles. The molecule has 1 atom stereocenters. The van der Waals surface area contributed by atoms with E-state index in [1.165, 1.54) is 0 Å². The third kappa shape index (κ3) is 3.08. The van der Waals surface area contributed by atoms with Gasteiger partial charge in [0.2, 0.25) is 0 Å². The summed E-state index contributed by atoms with van der Waals surface area (Å²) in [5, 5.41) is 5.71. The van der Waals surface area contributed by atoms with Crippen molar-refractivity contribution in [1.82, 2.24) is 10.3 Å². The number of urea groups is 1. The number of carbonyl (C=O) groups excluding carboxylic acids is 2. The topological polar surface area (TPSA) is 74.3 Å². The summed E-state index contributed by atoms with van der Waals surface area (Å²) in [4.78, 5) is 30.2. The van der Waals surface area contributed by atoms with Gasteiger partial charge in [-0.15, -0.1) is 0 Å². The highest BCUT2D eigenvalue weighted by molar-refractivity contribution is 6.05. The lowest BCUT2D eigenvalue weighted by atomic mass is 10.1. The molecule has 2 N–H and O–H groups in total. The van der Waals surface area contributed by atoms with Crippen LogP contribution in [0.3, 0.4) is 0 Å². The molecule has 0 radical (unpaired) electrons. The summed E-state index contributed by atoms with van der Waals surface area (Å²) in [5.74, 6) is -0.176. The number of nitrogens with one attached hydrogen (secondary N) is 2. The van der Waals surface area contributed by atoms with E-state index in [-0.39, 0.29) is 18.0 Å². The van der Waals surface area contributed by atoms with Gasteiger partial charge in [0.25, 0.3) is 5.91 Å². The average Bonchev–Trinajstić information content (AvgIpc) is 2.93. The standard InChI is InChI=1S/C18H20N4O2/c1-3-13-11-19-8-7-16(13)17(23)21-14-5-4-6-15(9-14)22-12(2)10-20-18(22)24/h4-9,11-12H,3,10H2,1-2H3,(H,20,24)(H,21,23). The van der Waals surface area contributed by atoms with Gasteiger partial charge in [0.05, 0.1) is 6.04 Å². The van der Waals surface area contributed by atoms with Crippen molar-refractivity contribution >= 4 is 23.3 Å². The highest BCUT2D eigenvalue weighted by atomic mass is 16.2. The van der Waals surface area contributed by atoms with Crippen LogP contribution in [0, 0.1) is 0 Å². The van der Waals surface area contributed by atoms with Crippen LogP contribution in [0.5, 0.6) is 0 Å². The Bertz CT molecular complexity index is 775. The molecule has 24 heavy (non-hydrogen) atoms. The fraction of sp³-hybridized carbons (Fsp3) is 0.278. The second-order valence-electron chi connectivity index (χ2n) is 5.80. The molecule has 6 heteroatoms. The molecule has 2 heterocycles. The van der Waals surface area contributed by atoms with Gasteiger partial charge in [-0.25, -0.2) is 4.79 Å². The number of aromatic nitrogens is 1. The molecule has 1 aromatic heterocycles. The fourth-order valence-corrected chi connectivity index (χ4v) is 2.85. The van der Waals surface area contributed by atoms with Crippen LogP contribution in [0.2, 0.25) is 0 Å². The zero-order valence-electron chi connectivity index (χ0n) is 13.7. The lowest BCUT2D eigenvalue weighted by Gasteiger charge is -2.20. The SMILES string of the molecule is CCc1cnccc1C(=O)Nc1cccc(N2C(=O)NCC2C)c1. The number of nitrogens with zero attached hydrogens (tertiary/aromatic N) is 2. The van der Waals surface area contributed by atoms with Gasteiger partial charge in [-0.1, -0.05) is 13.0 Å². The zero-order valence-corrected chi connectivity index (χ0v) is 13.7. The van der Waals surface area contributed by atoms with E-state index in [0.717, 1.165) is 17.7 Å². The maximum absolute atomic E-state index is 12.5. The van der Waals surface area contributed by atoms with Crippen LogP contribution in [0.4, 0.5) is 16.2 Å². The number of pyridine rings is 1. The van der Waals surface area contributed by atoms with Crippen molar-refractivity contribution in [2.24, 2.45) is 0 Å². The van der Waals surface area contributed by atoms with Gasteiger partial charge in [-0.3, -0.25) is 14.7 Å². The monoisotopic (exact) mass is 324 g/mol. The highest BCUT2D eigenvalue weighted by Gasteiger charge is 2.28. The fourth-order valence-electron chi connectivity index (χ4n) is 2.85. The summed E-state index contributed by atoms with van der Waals surface area (Å²) in [5.41, 5.74) is 2.94. The minimum Gasteiger partial charge on any atom is -0.336 e. The van der Waals surface area contributed by atoms with Crippen molar-refractivity contribution in [3.63, 3.8) is 0 Å². The summed E-state index contributed by atoms with van der Waals surface area (Å²) >= 11 is 0. The van der Waals surface area contributed by atoms with Crippen molar-refractivity contribution < 1.29 is 9.59 Å². The van der Waals surface area contributed by atoms with Gasteiger partial charge in [-0.05, 0) is 43.2 Å². The van der Waals surface area contributed by atoms with Gasteiger partial charge in [0, 0.05) is 35.9 Å². The van der Waals surface area contributed by atoms with E-state index in [9.17, 15) is 9.59 Å². The lowest BCUT2D eigenvalue weighted by Crippen LogP contribution is -2.32. The number of benzene rings is 1. The van der Waals surface area contributed by atoms with E-state index < -0.39 is 0 Å². The maximum Gasteiger partial charge on any atom is 0.322 e. The minimum absolute atomic E-state index is 0.0790. The Morgan fingerprint density at radius 1 is 1.42 bits per heavy atom. The first-order valence-corrected chi connectivity index (χ1v) is 8.01. The highest BCUT2D eigenvalue weighted by Crippen LogP contribution is 2.24. The number of rotatable bonds is 4. The molecule has 6 nitrogen and oxygen atoms in total. The number of aryl methyl sites for hydroxylation is 1. The molecular weight excluding hydrogens is 304 g/mol. The molecule has 3 rings (SSSR count). The van der Waals surface area contributed by atoms with E-state index in [0.29, 0.717) is 17.8 Å². The first kappa shape index (κ1) is 16.0. The van der Waals surface area contributed by atoms with Crippen LogP contribution >= 0.6 is 0 Å². The van der Waals surface area contributed by atoms with Gasteiger partial charge in [0.1, 0.15) is 0 Å². The molecule has 2 aromatic rings. The van der Waals surface area contributed by atoms with Crippen molar-refractivity contribution in [3.8, 4) is 0 Å². The van der Waals surface area contributed by atoms with Crippen LogP contribution in [0.15, 0.2) is 42.7 Å². The van der Waals surface area contributed by atoms with E-state index in [1.807, 2.05) is 38.1 Å². The van der Waals surface area contributed by atoms with Gasteiger partial charge < -0.3 is 10.6 Å². The van der Waals surface area contributed by atoms with Gasteiger partial charge >= 0.3 is 6.03 Å². The Kier molecular flexibility index (Phi) is 4.46. The first-order chi connectivity index (χ1) is 11.6. The second kappa shape index (κ2) is 6.70. The van der Waals surface area contributed by atoms with Gasteiger partial charge in [0.15, 0.2) is 0 Å². The Labute approximate surface area is 140 Å². The largest absolute Gasteiger partial charge is 0.336 e. The molecule has 124 valence electrons.